The van der Waals surface area contributed by atoms with Crippen molar-refractivity contribution in [2.75, 3.05) is 0 Å². The molecule has 4 aromatic carbocycles. The van der Waals surface area contributed by atoms with Crippen LogP contribution in [0.4, 0.5) is 0 Å². The monoisotopic (exact) mass is 364 g/mol. The van der Waals surface area contributed by atoms with Crippen LogP contribution in [0.1, 0.15) is 25.0 Å². The van der Waals surface area contributed by atoms with E-state index >= 15 is 0 Å². The van der Waals surface area contributed by atoms with Gasteiger partial charge in [-0.2, -0.15) is 0 Å². The van der Waals surface area contributed by atoms with Gasteiger partial charge in [-0.1, -0.05) is 68.4 Å². The van der Waals surface area contributed by atoms with Crippen molar-refractivity contribution in [3.8, 4) is 28.0 Å². The molecular weight excluding hydrogens is 343 g/mol. The van der Waals surface area contributed by atoms with Crippen LogP contribution in [-0.4, -0.2) is 12.7 Å². The molecule has 5 rings (SSSR count). The smallest absolute Gasteiger partial charge is 0.504 e. The van der Waals surface area contributed by atoms with Crippen molar-refractivity contribution < 1.29 is 9.68 Å². The van der Waals surface area contributed by atoms with Crippen molar-refractivity contribution in [2.24, 2.45) is 0 Å². The topological polar surface area (TPSA) is 29.5 Å². The fraction of sp³-hybridized carbons (Fsp3) is 0.120. The van der Waals surface area contributed by atoms with E-state index < -0.39 is 0 Å². The molecule has 136 valence electrons. The van der Waals surface area contributed by atoms with Crippen LogP contribution in [-0.2, 0) is 5.41 Å². The number of hydrogen-bond acceptors (Lipinski definition) is 2. The zero-order valence-electron chi connectivity index (χ0n) is 16.1. The van der Waals surface area contributed by atoms with E-state index in [4.69, 9.17) is 9.68 Å². The molecule has 0 radical (unpaired) electrons. The van der Waals surface area contributed by atoms with Crippen LogP contribution in [0.25, 0.3) is 33.0 Å². The predicted octanol–water partition coefficient (Wildman–Crippen LogP) is 5.45. The predicted molar refractivity (Wildman–Crippen MR) is 117 cm³/mol. The first-order valence-electron chi connectivity index (χ1n) is 9.60. The van der Waals surface area contributed by atoms with Crippen molar-refractivity contribution in [3.05, 3.63) is 90.0 Å². The fourth-order valence-electron chi connectivity index (χ4n) is 4.43. The van der Waals surface area contributed by atoms with Gasteiger partial charge in [0.15, 0.2) is 0 Å². The van der Waals surface area contributed by atoms with Gasteiger partial charge in [0.25, 0.3) is 0 Å². The summed E-state index contributed by atoms with van der Waals surface area (Å²) in [7, 11) is -0.307. The zero-order chi connectivity index (χ0) is 19.3. The summed E-state index contributed by atoms with van der Waals surface area (Å²) in [4.78, 5) is 0. The van der Waals surface area contributed by atoms with Gasteiger partial charge in [0.1, 0.15) is 5.75 Å². The largest absolute Gasteiger partial charge is 0.539 e. The van der Waals surface area contributed by atoms with E-state index in [0.717, 1.165) is 0 Å². The average Bonchev–Trinajstić information content (AvgIpc) is 2.94. The molecule has 0 saturated heterocycles. The van der Waals surface area contributed by atoms with Gasteiger partial charge in [-0.25, -0.2) is 0 Å². The van der Waals surface area contributed by atoms with E-state index in [2.05, 4.69) is 86.6 Å². The molecule has 0 bridgehead atoms. The van der Waals surface area contributed by atoms with Crippen molar-refractivity contribution in [3.63, 3.8) is 0 Å². The second-order valence-electron chi connectivity index (χ2n) is 7.93. The Labute approximate surface area is 165 Å². The Balaban J connectivity index is 1.63. The van der Waals surface area contributed by atoms with Crippen LogP contribution >= 0.6 is 0 Å². The molecule has 3 heteroatoms. The van der Waals surface area contributed by atoms with Gasteiger partial charge < -0.3 is 9.68 Å². The average molecular weight is 364 g/mol. The molecule has 0 aromatic heterocycles. The molecule has 0 fully saturated rings. The minimum Gasteiger partial charge on any atom is -0.539 e. The molecule has 1 aliphatic carbocycles. The maximum atomic E-state index is 9.09. The molecule has 0 heterocycles. The first-order chi connectivity index (χ1) is 13.6. The van der Waals surface area contributed by atoms with E-state index in [9.17, 15) is 0 Å². The Bertz CT molecular complexity index is 1210. The normalized spacial score (nSPS) is 13.8. The van der Waals surface area contributed by atoms with Gasteiger partial charge in [-0.15, -0.1) is 0 Å². The second kappa shape index (κ2) is 6.25. The van der Waals surface area contributed by atoms with Crippen LogP contribution in [0.3, 0.4) is 0 Å². The Morgan fingerprint density at radius 3 is 2.14 bits per heavy atom. The van der Waals surface area contributed by atoms with Gasteiger partial charge in [-0.3, -0.25) is 0 Å². The number of fused-ring (bicyclic) bond motifs is 4. The van der Waals surface area contributed by atoms with E-state index in [1.165, 1.54) is 44.2 Å². The molecule has 28 heavy (non-hydrogen) atoms. The fourth-order valence-corrected chi connectivity index (χ4v) is 4.43. The van der Waals surface area contributed by atoms with Crippen molar-refractivity contribution in [2.45, 2.75) is 19.3 Å². The molecule has 2 nitrogen and oxygen atoms in total. The molecule has 0 aliphatic heterocycles. The highest BCUT2D eigenvalue weighted by molar-refractivity contribution is 6.17. The highest BCUT2D eigenvalue weighted by Gasteiger charge is 2.35. The number of benzene rings is 4. The van der Waals surface area contributed by atoms with E-state index in [1.807, 2.05) is 6.07 Å². The van der Waals surface area contributed by atoms with Gasteiger partial charge in [0, 0.05) is 5.41 Å². The molecule has 1 N–H and O–H groups in total. The van der Waals surface area contributed by atoms with Crippen LogP contribution in [0, 0.1) is 0 Å². The summed E-state index contributed by atoms with van der Waals surface area (Å²) in [5.74, 6) is 0.705. The number of hydrogen-bond donors (Lipinski definition) is 1. The Morgan fingerprint density at radius 1 is 0.714 bits per heavy atom. The van der Waals surface area contributed by atoms with Gasteiger partial charge in [0.05, 0.1) is 0 Å². The highest BCUT2D eigenvalue weighted by atomic mass is 16.5. The molecule has 0 spiro atoms. The maximum absolute atomic E-state index is 9.09. The zero-order valence-corrected chi connectivity index (χ0v) is 16.1. The summed E-state index contributed by atoms with van der Waals surface area (Å²) in [6.07, 6.45) is 0. The lowest BCUT2D eigenvalue weighted by Gasteiger charge is -2.22. The second-order valence-corrected chi connectivity index (χ2v) is 7.93. The molecular formula is C25H21BO2. The minimum absolute atomic E-state index is 0.119. The number of rotatable bonds is 3. The SMILES string of the molecule is CC1(C)c2cc(OBO)ccc2-c2ccc(-c3ccc4ccccc4c3)cc21. The quantitative estimate of drug-likeness (QED) is 0.490. The molecule has 0 amide bonds. The molecule has 0 unspecified atom stereocenters. The van der Waals surface area contributed by atoms with Crippen molar-refractivity contribution in [1.82, 2.24) is 0 Å². The molecule has 0 saturated carbocycles. The summed E-state index contributed by atoms with van der Waals surface area (Å²) < 4.78 is 5.31. The van der Waals surface area contributed by atoms with Crippen LogP contribution in [0.2, 0.25) is 0 Å². The van der Waals surface area contributed by atoms with Crippen molar-refractivity contribution >= 4 is 18.5 Å². The van der Waals surface area contributed by atoms with Crippen molar-refractivity contribution in [1.29, 1.82) is 0 Å². The van der Waals surface area contributed by atoms with E-state index in [0.29, 0.717) is 5.75 Å². The lowest BCUT2D eigenvalue weighted by atomic mass is 9.81. The van der Waals surface area contributed by atoms with E-state index in [-0.39, 0.29) is 13.1 Å². The summed E-state index contributed by atoms with van der Waals surface area (Å²) >= 11 is 0. The highest BCUT2D eigenvalue weighted by Crippen LogP contribution is 2.50. The molecule has 1 aliphatic rings. The first kappa shape index (κ1) is 17.1. The maximum Gasteiger partial charge on any atom is 0.504 e. The Morgan fingerprint density at radius 2 is 1.36 bits per heavy atom. The summed E-state index contributed by atoms with van der Waals surface area (Å²) in [6, 6.07) is 28.0. The van der Waals surface area contributed by atoms with Crippen LogP contribution in [0.5, 0.6) is 5.75 Å². The minimum atomic E-state index is -0.307. The molecule has 0 atom stereocenters. The summed E-state index contributed by atoms with van der Waals surface area (Å²) in [5.41, 5.74) is 7.44. The summed E-state index contributed by atoms with van der Waals surface area (Å²) in [6.45, 7) is 4.51. The van der Waals surface area contributed by atoms with E-state index in [1.54, 1.807) is 0 Å². The van der Waals surface area contributed by atoms with Gasteiger partial charge in [-0.05, 0) is 68.4 Å². The van der Waals surface area contributed by atoms with Gasteiger partial charge in [0.2, 0.25) is 0 Å². The third kappa shape index (κ3) is 2.55. The standard InChI is InChI=1S/C25H21BO2/c1-25(2)23-14-19(18-8-7-16-5-3-4-6-17(16)13-18)9-11-21(23)22-12-10-20(28-26-27)15-24(22)25/h3-15,26-27H,1-2H3. The van der Waals surface area contributed by atoms with Gasteiger partial charge >= 0.3 is 7.69 Å². The van der Waals surface area contributed by atoms with Crippen LogP contribution in [0.15, 0.2) is 78.9 Å². The van der Waals surface area contributed by atoms with Crippen LogP contribution < -0.4 is 4.65 Å². The third-order valence-corrected chi connectivity index (χ3v) is 5.96. The first-order valence-corrected chi connectivity index (χ1v) is 9.60. The Hall–Kier alpha value is -3.04. The third-order valence-electron chi connectivity index (χ3n) is 5.96. The lowest BCUT2D eigenvalue weighted by Crippen LogP contribution is -2.15. The lowest BCUT2D eigenvalue weighted by molar-refractivity contribution is 0.453. The summed E-state index contributed by atoms with van der Waals surface area (Å²) in [5, 5.41) is 11.6. The molecule has 4 aromatic rings. The Kier molecular flexibility index (Phi) is 3.82.